The van der Waals surface area contributed by atoms with Gasteiger partial charge in [0.05, 0.1) is 14.6 Å². The summed E-state index contributed by atoms with van der Waals surface area (Å²) < 4.78 is 3.93. The maximum Gasteiger partial charge on any atom is 0.268 e. The number of aryl methyl sites for hydroxylation is 1. The molecule has 1 saturated carbocycles. The van der Waals surface area contributed by atoms with Gasteiger partial charge in [0.25, 0.3) is 5.91 Å². The zero-order chi connectivity index (χ0) is 14.8. The number of aromatic nitrogens is 1. The Labute approximate surface area is 134 Å². The van der Waals surface area contributed by atoms with Crippen molar-refractivity contribution in [1.82, 2.24) is 9.88 Å². The van der Waals surface area contributed by atoms with Crippen molar-refractivity contribution in [2.24, 2.45) is 0 Å². The molecular weight excluding hydrogens is 304 g/mol. The Hall–Kier alpha value is -1.00. The van der Waals surface area contributed by atoms with Crippen LogP contribution in [0.4, 0.5) is 0 Å². The molecule has 0 saturated heterocycles. The van der Waals surface area contributed by atoms with Gasteiger partial charge in [-0.2, -0.15) is 0 Å². The quantitative estimate of drug-likeness (QED) is 0.806. The summed E-state index contributed by atoms with van der Waals surface area (Å²) in [6, 6.07) is 4.26. The summed E-state index contributed by atoms with van der Waals surface area (Å²) in [6.45, 7) is 2.84. The molecule has 0 radical (unpaired) electrons. The first kappa shape index (κ1) is 14.9. The molecule has 2 aromatic rings. The van der Waals surface area contributed by atoms with Gasteiger partial charge >= 0.3 is 0 Å². The van der Waals surface area contributed by atoms with Gasteiger partial charge in [0, 0.05) is 12.6 Å². The normalized spacial score (nSPS) is 17.0. The van der Waals surface area contributed by atoms with Crippen molar-refractivity contribution in [3.8, 4) is 0 Å². The van der Waals surface area contributed by atoms with Crippen molar-refractivity contribution in [2.75, 3.05) is 0 Å². The smallest absolute Gasteiger partial charge is 0.268 e. The number of nitrogens with one attached hydrogen (secondary N) is 1. The van der Waals surface area contributed by atoms with E-state index in [1.807, 2.05) is 12.1 Å². The van der Waals surface area contributed by atoms with Crippen LogP contribution in [0.1, 0.15) is 55.9 Å². The number of fused-ring (bicyclic) bond motifs is 1. The molecule has 2 heterocycles. The van der Waals surface area contributed by atoms with E-state index in [1.54, 1.807) is 0 Å². The summed E-state index contributed by atoms with van der Waals surface area (Å²) in [4.78, 5) is 12.6. The van der Waals surface area contributed by atoms with Crippen molar-refractivity contribution in [2.45, 2.75) is 58.0 Å². The molecule has 0 aliphatic heterocycles. The Kier molecular flexibility index (Phi) is 4.55. The minimum atomic E-state index is 0.0586. The highest BCUT2D eigenvalue weighted by Gasteiger charge is 2.20. The molecule has 0 aromatic carbocycles. The number of hydrogen-bond donors (Lipinski definition) is 1. The molecule has 0 spiro atoms. The first-order valence-corrected chi connectivity index (χ1v) is 8.98. The lowest BCUT2D eigenvalue weighted by molar-refractivity contribution is 0.0924. The van der Waals surface area contributed by atoms with Crippen LogP contribution in [0.5, 0.6) is 0 Å². The zero-order valence-electron chi connectivity index (χ0n) is 12.3. The first-order chi connectivity index (χ1) is 10.2. The SMILES string of the molecule is CCn1c(C(=O)NC2CCCCCC2)cc2sc(Cl)cc21. The molecule has 3 nitrogen and oxygen atoms in total. The average Bonchev–Trinajstić information content (AvgIpc) is 2.85. The number of amides is 1. The molecule has 1 N–H and O–H groups in total. The summed E-state index contributed by atoms with van der Waals surface area (Å²) in [7, 11) is 0. The standard InChI is InChI=1S/C16H21ClN2OS/c1-2-19-12-10-15(17)21-14(12)9-13(19)16(20)18-11-7-5-3-4-6-8-11/h9-11H,2-8H2,1H3,(H,18,20). The highest BCUT2D eigenvalue weighted by Crippen LogP contribution is 2.32. The van der Waals surface area contributed by atoms with Crippen LogP contribution in [0.15, 0.2) is 12.1 Å². The Morgan fingerprint density at radius 1 is 1.33 bits per heavy atom. The number of rotatable bonds is 3. The van der Waals surface area contributed by atoms with E-state index < -0.39 is 0 Å². The zero-order valence-corrected chi connectivity index (χ0v) is 13.9. The lowest BCUT2D eigenvalue weighted by Gasteiger charge is -2.17. The Balaban J connectivity index is 1.81. The van der Waals surface area contributed by atoms with Gasteiger partial charge in [-0.25, -0.2) is 0 Å². The molecule has 1 amide bonds. The van der Waals surface area contributed by atoms with E-state index >= 15 is 0 Å². The van der Waals surface area contributed by atoms with E-state index in [0.29, 0.717) is 6.04 Å². The molecule has 0 atom stereocenters. The predicted octanol–water partition coefficient (Wildman–Crippen LogP) is 4.83. The van der Waals surface area contributed by atoms with Crippen molar-refractivity contribution in [3.05, 3.63) is 22.2 Å². The summed E-state index contributed by atoms with van der Waals surface area (Å²) in [6.07, 6.45) is 7.27. The highest BCUT2D eigenvalue weighted by molar-refractivity contribution is 7.22. The van der Waals surface area contributed by atoms with Crippen LogP contribution in [0.3, 0.4) is 0 Å². The molecule has 1 fully saturated rings. The monoisotopic (exact) mass is 324 g/mol. The van der Waals surface area contributed by atoms with Crippen LogP contribution in [0.25, 0.3) is 10.2 Å². The molecule has 0 bridgehead atoms. The Bertz CT molecular complexity index is 638. The predicted molar refractivity (Wildman–Crippen MR) is 89.5 cm³/mol. The van der Waals surface area contributed by atoms with Gasteiger partial charge < -0.3 is 9.88 Å². The molecule has 2 aromatic heterocycles. The van der Waals surface area contributed by atoms with Crippen molar-refractivity contribution in [3.63, 3.8) is 0 Å². The van der Waals surface area contributed by atoms with Crippen molar-refractivity contribution < 1.29 is 4.79 Å². The van der Waals surface area contributed by atoms with Crippen molar-refractivity contribution >= 4 is 39.1 Å². The average molecular weight is 325 g/mol. The lowest BCUT2D eigenvalue weighted by Crippen LogP contribution is -2.35. The van der Waals surface area contributed by atoms with E-state index in [2.05, 4.69) is 16.8 Å². The Morgan fingerprint density at radius 2 is 2.05 bits per heavy atom. The van der Waals surface area contributed by atoms with Crippen LogP contribution >= 0.6 is 22.9 Å². The lowest BCUT2D eigenvalue weighted by atomic mass is 10.1. The summed E-state index contributed by atoms with van der Waals surface area (Å²) in [5.74, 6) is 0.0586. The van der Waals surface area contributed by atoms with Gasteiger partial charge in [0.2, 0.25) is 0 Å². The number of thiophene rings is 1. The second kappa shape index (κ2) is 6.41. The maximum absolute atomic E-state index is 12.6. The number of nitrogens with zero attached hydrogens (tertiary/aromatic N) is 1. The minimum absolute atomic E-state index is 0.0586. The third-order valence-corrected chi connectivity index (χ3v) is 5.50. The molecule has 114 valence electrons. The summed E-state index contributed by atoms with van der Waals surface area (Å²) >= 11 is 7.60. The second-order valence-electron chi connectivity index (χ2n) is 5.74. The molecule has 5 heteroatoms. The fraction of sp³-hybridized carbons (Fsp3) is 0.562. The van der Waals surface area contributed by atoms with E-state index in [9.17, 15) is 4.79 Å². The van der Waals surface area contributed by atoms with E-state index in [1.165, 1.54) is 37.0 Å². The van der Waals surface area contributed by atoms with Crippen molar-refractivity contribution in [1.29, 1.82) is 0 Å². The fourth-order valence-corrected chi connectivity index (χ4v) is 4.40. The number of carbonyl (C=O) groups excluding carboxylic acids is 1. The first-order valence-electron chi connectivity index (χ1n) is 7.78. The number of halogens is 1. The Morgan fingerprint density at radius 3 is 2.71 bits per heavy atom. The van der Waals surface area contributed by atoms with Crippen LogP contribution in [-0.4, -0.2) is 16.5 Å². The van der Waals surface area contributed by atoms with E-state index in [0.717, 1.165) is 39.6 Å². The molecule has 3 rings (SSSR count). The van der Waals surface area contributed by atoms with Crippen LogP contribution in [0.2, 0.25) is 4.34 Å². The van der Waals surface area contributed by atoms with Crippen LogP contribution < -0.4 is 5.32 Å². The highest BCUT2D eigenvalue weighted by atomic mass is 35.5. The maximum atomic E-state index is 12.6. The molecule has 21 heavy (non-hydrogen) atoms. The van der Waals surface area contributed by atoms with Gasteiger partial charge in [-0.1, -0.05) is 37.3 Å². The number of carbonyl (C=O) groups is 1. The third kappa shape index (κ3) is 3.11. The number of hydrogen-bond acceptors (Lipinski definition) is 2. The summed E-state index contributed by atoms with van der Waals surface area (Å²) in [5.41, 5.74) is 1.83. The third-order valence-electron chi connectivity index (χ3n) is 4.30. The van der Waals surface area contributed by atoms with Gasteiger partial charge in [-0.3, -0.25) is 4.79 Å². The molecule has 0 unspecified atom stereocenters. The van der Waals surface area contributed by atoms with Gasteiger partial charge in [-0.05, 0) is 31.9 Å². The summed E-state index contributed by atoms with van der Waals surface area (Å²) in [5, 5.41) is 3.23. The van der Waals surface area contributed by atoms with E-state index in [-0.39, 0.29) is 5.91 Å². The van der Waals surface area contributed by atoms with Crippen LogP contribution in [0, 0.1) is 0 Å². The van der Waals surface area contributed by atoms with Gasteiger partial charge in [-0.15, -0.1) is 11.3 Å². The molecular formula is C16H21ClN2OS. The van der Waals surface area contributed by atoms with Gasteiger partial charge in [0.1, 0.15) is 5.69 Å². The largest absolute Gasteiger partial charge is 0.348 e. The minimum Gasteiger partial charge on any atom is -0.348 e. The molecule has 1 aliphatic rings. The van der Waals surface area contributed by atoms with E-state index in [4.69, 9.17) is 11.6 Å². The van der Waals surface area contributed by atoms with Crippen LogP contribution in [-0.2, 0) is 6.54 Å². The molecule has 1 aliphatic carbocycles. The topological polar surface area (TPSA) is 34.0 Å². The fourth-order valence-electron chi connectivity index (χ4n) is 3.22. The second-order valence-corrected chi connectivity index (χ2v) is 7.45. The van der Waals surface area contributed by atoms with Gasteiger partial charge in [0.15, 0.2) is 0 Å².